The van der Waals surface area contributed by atoms with E-state index < -0.39 is 0 Å². The summed E-state index contributed by atoms with van der Waals surface area (Å²) in [6.45, 7) is 0. The second-order valence-corrected chi connectivity index (χ2v) is 2.74. The molecule has 0 unspecified atom stereocenters. The maximum atomic E-state index is 5.25. The first-order valence-electron chi connectivity index (χ1n) is 2.42. The van der Waals surface area contributed by atoms with E-state index in [1.54, 1.807) is 6.07 Å². The van der Waals surface area contributed by atoms with E-state index in [4.69, 9.17) is 10.3 Å². The predicted octanol–water partition coefficient (Wildman–Crippen LogP) is 0.406. The minimum atomic E-state index is 0. The van der Waals surface area contributed by atoms with Gasteiger partial charge in [0.05, 0.1) is 0 Å². The molecule has 0 spiro atoms. The van der Waals surface area contributed by atoms with Crippen molar-refractivity contribution in [1.82, 2.24) is 9.97 Å². The fourth-order valence-corrected chi connectivity index (χ4v) is 1.10. The molecule has 0 aliphatic heterocycles. The first kappa shape index (κ1) is 11.2. The molecule has 1 aromatic rings. The summed E-state index contributed by atoms with van der Waals surface area (Å²) < 4.78 is 0. The van der Waals surface area contributed by atoms with Crippen LogP contribution in [0.4, 0.5) is 0 Å². The van der Waals surface area contributed by atoms with Crippen LogP contribution in [0.2, 0.25) is 0 Å². The summed E-state index contributed by atoms with van der Waals surface area (Å²) in [5.41, 5.74) is 0. The second-order valence-electron chi connectivity index (χ2n) is 1.43. The third-order valence-corrected chi connectivity index (χ3v) is 1.79. The molecule has 0 aromatic carbocycles. The van der Waals surface area contributed by atoms with E-state index in [2.05, 4.69) is 9.97 Å². The molecule has 1 radical (unpaired) electrons. The van der Waals surface area contributed by atoms with E-state index in [-0.39, 0.29) is 17.1 Å². The van der Waals surface area contributed by atoms with Crippen LogP contribution in [0, 0.1) is 0 Å². The molecule has 0 amide bonds. The Morgan fingerprint density at radius 1 is 1.09 bits per heavy atom. The predicted molar refractivity (Wildman–Crippen MR) is 42.1 cm³/mol. The summed E-state index contributed by atoms with van der Waals surface area (Å²) in [6.07, 6.45) is 1.43. The molecule has 0 aliphatic carbocycles. The Kier molecular flexibility index (Phi) is 5.93. The van der Waals surface area contributed by atoms with Gasteiger partial charge in [-0.05, 0) is 23.9 Å². The zero-order chi connectivity index (χ0) is 7.40. The van der Waals surface area contributed by atoms with Crippen molar-refractivity contribution in [3.63, 3.8) is 0 Å². The Hall–Kier alpha value is 0.219. The van der Waals surface area contributed by atoms with Gasteiger partial charge >= 0.3 is 0 Å². The van der Waals surface area contributed by atoms with Crippen molar-refractivity contribution in [2.24, 2.45) is 10.3 Å². The maximum absolute atomic E-state index is 5.25. The zero-order valence-corrected chi connectivity index (χ0v) is 7.90. The average molecular weight is 238 g/mol. The molecule has 4 N–H and O–H groups in total. The van der Waals surface area contributed by atoms with Crippen LogP contribution >= 0.6 is 23.9 Å². The van der Waals surface area contributed by atoms with Crippen LogP contribution < -0.4 is 10.3 Å². The monoisotopic (exact) mass is 237 g/mol. The molecule has 0 saturated heterocycles. The first-order valence-corrected chi connectivity index (χ1v) is 4.18. The zero-order valence-electron chi connectivity index (χ0n) is 5.32. The number of nitrogens with two attached hydrogens (primary N) is 2. The standard InChI is InChI=1S/C4H6N4S2.Cu/c5-9-3-1-4(10-6)8-2-7-3;/h1-2H,5-6H2;. The molecule has 0 aliphatic rings. The summed E-state index contributed by atoms with van der Waals surface area (Å²) >= 11 is 2.16. The quantitative estimate of drug-likeness (QED) is 0.441. The molecule has 11 heavy (non-hydrogen) atoms. The maximum Gasteiger partial charge on any atom is 0.118 e. The van der Waals surface area contributed by atoms with Crippen molar-refractivity contribution >= 4 is 23.9 Å². The number of aromatic nitrogens is 2. The fraction of sp³-hybridized carbons (Fsp3) is 0. The smallest absolute Gasteiger partial charge is 0.118 e. The molecule has 7 heteroatoms. The van der Waals surface area contributed by atoms with Gasteiger partial charge in [0.25, 0.3) is 0 Å². The summed E-state index contributed by atoms with van der Waals surface area (Å²) in [4.78, 5) is 7.73. The van der Waals surface area contributed by atoms with Gasteiger partial charge in [-0.2, -0.15) is 0 Å². The Morgan fingerprint density at radius 3 is 1.91 bits per heavy atom. The normalized spacial score (nSPS) is 8.91. The molecular formula is C4H6CuN4S2. The Balaban J connectivity index is 0.000001000. The van der Waals surface area contributed by atoms with E-state index in [0.717, 1.165) is 33.9 Å². The Morgan fingerprint density at radius 2 is 1.55 bits per heavy atom. The SMILES string of the molecule is NSc1cc(SN)ncn1.[Cu]. The second kappa shape index (κ2) is 5.82. The van der Waals surface area contributed by atoms with E-state index in [0.29, 0.717) is 0 Å². The van der Waals surface area contributed by atoms with Gasteiger partial charge < -0.3 is 0 Å². The molecule has 1 aromatic heterocycles. The van der Waals surface area contributed by atoms with Crippen LogP contribution in [-0.4, -0.2) is 9.97 Å². The average Bonchev–Trinajstić information content (AvgIpc) is 2.05. The third-order valence-electron chi connectivity index (χ3n) is 0.858. The first-order chi connectivity index (χ1) is 4.86. The number of hydrogen-bond acceptors (Lipinski definition) is 6. The van der Waals surface area contributed by atoms with Crippen LogP contribution in [-0.2, 0) is 17.1 Å². The van der Waals surface area contributed by atoms with Crippen LogP contribution in [0.5, 0.6) is 0 Å². The molecule has 1 heterocycles. The molecule has 0 bridgehead atoms. The van der Waals surface area contributed by atoms with Gasteiger partial charge in [0.15, 0.2) is 0 Å². The van der Waals surface area contributed by atoms with Crippen molar-refractivity contribution in [3.05, 3.63) is 12.4 Å². The number of rotatable bonds is 2. The molecule has 1 rings (SSSR count). The van der Waals surface area contributed by atoms with Crippen LogP contribution in [0.3, 0.4) is 0 Å². The molecule has 4 nitrogen and oxygen atoms in total. The van der Waals surface area contributed by atoms with Gasteiger partial charge in [0.1, 0.15) is 16.4 Å². The van der Waals surface area contributed by atoms with Gasteiger partial charge in [-0.1, -0.05) is 0 Å². The van der Waals surface area contributed by atoms with Gasteiger partial charge in [0.2, 0.25) is 0 Å². The molecular weight excluding hydrogens is 232 g/mol. The molecule has 65 valence electrons. The molecule has 0 saturated carbocycles. The largest absolute Gasteiger partial charge is 0.272 e. The molecule has 0 fully saturated rings. The van der Waals surface area contributed by atoms with Crippen molar-refractivity contribution in [2.75, 3.05) is 0 Å². The van der Waals surface area contributed by atoms with Gasteiger partial charge in [0, 0.05) is 23.1 Å². The minimum absolute atomic E-state index is 0. The number of nitrogens with zero attached hydrogens (tertiary/aromatic N) is 2. The van der Waals surface area contributed by atoms with E-state index >= 15 is 0 Å². The Bertz CT molecular complexity index is 202. The summed E-state index contributed by atoms with van der Waals surface area (Å²) in [5, 5.41) is 11.9. The van der Waals surface area contributed by atoms with E-state index in [1.807, 2.05) is 0 Å². The summed E-state index contributed by atoms with van der Waals surface area (Å²) in [5.74, 6) is 0. The van der Waals surface area contributed by atoms with Crippen molar-refractivity contribution in [2.45, 2.75) is 10.1 Å². The number of hydrogen-bond donors (Lipinski definition) is 2. The fourth-order valence-electron chi connectivity index (χ4n) is 0.452. The van der Waals surface area contributed by atoms with Crippen molar-refractivity contribution in [1.29, 1.82) is 0 Å². The summed E-state index contributed by atoms with van der Waals surface area (Å²) in [7, 11) is 0. The van der Waals surface area contributed by atoms with Crippen LogP contribution in [0.1, 0.15) is 0 Å². The van der Waals surface area contributed by atoms with Gasteiger partial charge in [-0.15, -0.1) is 0 Å². The van der Waals surface area contributed by atoms with E-state index in [1.165, 1.54) is 6.33 Å². The van der Waals surface area contributed by atoms with Gasteiger partial charge in [-0.25, -0.2) is 9.97 Å². The van der Waals surface area contributed by atoms with Crippen molar-refractivity contribution < 1.29 is 17.1 Å². The van der Waals surface area contributed by atoms with Crippen LogP contribution in [0.25, 0.3) is 0 Å². The van der Waals surface area contributed by atoms with Gasteiger partial charge in [-0.3, -0.25) is 10.3 Å². The topological polar surface area (TPSA) is 77.8 Å². The summed E-state index contributed by atoms with van der Waals surface area (Å²) in [6, 6.07) is 1.73. The molecule has 0 atom stereocenters. The Labute approximate surface area is 83.7 Å². The third kappa shape index (κ3) is 3.41. The van der Waals surface area contributed by atoms with Crippen LogP contribution in [0.15, 0.2) is 22.4 Å². The minimum Gasteiger partial charge on any atom is -0.272 e. The van der Waals surface area contributed by atoms with Crippen molar-refractivity contribution in [3.8, 4) is 0 Å². The van der Waals surface area contributed by atoms with E-state index in [9.17, 15) is 0 Å².